The summed E-state index contributed by atoms with van der Waals surface area (Å²) in [7, 11) is 0. The Hall–Kier alpha value is -3.76. The number of hydrogen-bond acceptors (Lipinski definition) is 7. The number of carbonyl (C=O) groups is 4. The second-order valence-corrected chi connectivity index (χ2v) is 10.5. The summed E-state index contributed by atoms with van der Waals surface area (Å²) in [5, 5.41) is 12.8. The first-order valence-electron chi connectivity index (χ1n) is 13.6. The van der Waals surface area contributed by atoms with Crippen molar-refractivity contribution in [1.82, 2.24) is 10.3 Å². The van der Waals surface area contributed by atoms with Gasteiger partial charge < -0.3 is 20.9 Å². The van der Waals surface area contributed by atoms with Crippen molar-refractivity contribution in [2.75, 3.05) is 0 Å². The molecule has 6 N–H and O–H groups in total. The van der Waals surface area contributed by atoms with Gasteiger partial charge in [0.25, 0.3) is 0 Å². The molecule has 40 heavy (non-hydrogen) atoms. The number of nitrogens with zero attached hydrogens (tertiary/aromatic N) is 1. The number of hydrazine groups is 1. The molecule has 0 heterocycles. The molecule has 0 spiro atoms. The molecule has 10 heteroatoms. The summed E-state index contributed by atoms with van der Waals surface area (Å²) < 4.78 is 5.54. The minimum atomic E-state index is -1.19. The quantitative estimate of drug-likeness (QED) is 0.113. The van der Waals surface area contributed by atoms with E-state index < -0.39 is 53.7 Å². The fourth-order valence-electron chi connectivity index (χ4n) is 4.36. The number of carbonyl (C=O) groups excluding carboxylic acids is 3. The highest BCUT2D eigenvalue weighted by molar-refractivity contribution is 5.91. The van der Waals surface area contributed by atoms with Crippen LogP contribution in [0.15, 0.2) is 60.7 Å². The number of rotatable bonds is 15. The molecule has 0 aromatic heterocycles. The average molecular weight is 555 g/mol. The fraction of sp³-hybridized carbons (Fsp3) is 0.467. The van der Waals surface area contributed by atoms with E-state index in [1.807, 2.05) is 67.6 Å². The Morgan fingerprint density at radius 2 is 1.50 bits per heavy atom. The van der Waals surface area contributed by atoms with Crippen LogP contribution in [0.2, 0.25) is 0 Å². The van der Waals surface area contributed by atoms with Gasteiger partial charge in [-0.05, 0) is 29.4 Å². The Balaban J connectivity index is 2.26. The molecule has 0 fully saturated rings. The van der Waals surface area contributed by atoms with Gasteiger partial charge in [0.05, 0.1) is 5.92 Å². The molecule has 218 valence electrons. The molecule has 0 aliphatic heterocycles. The molecule has 0 saturated heterocycles. The van der Waals surface area contributed by atoms with Gasteiger partial charge in [0.15, 0.2) is 0 Å². The van der Waals surface area contributed by atoms with Crippen molar-refractivity contribution >= 4 is 23.8 Å². The molecule has 10 nitrogen and oxygen atoms in total. The van der Waals surface area contributed by atoms with Crippen LogP contribution in [-0.4, -0.2) is 52.0 Å². The predicted molar refractivity (Wildman–Crippen MR) is 151 cm³/mol. The standard InChI is InChI=1S/C30H42N4O6/c1-5-20(4)27(28(36)33-26(19(2)3)29(37)38)34(32)25(35)17-23(24(31)16-21-12-8-6-9-13-21)30(39)40-18-22-14-10-7-11-15-22/h6-15,19-20,23-24,26-27H,5,16-18,31-32H2,1-4H3,(H,33,36)(H,37,38)/t20-,23-,24-,26-,27-/m0/s1. The lowest BCUT2D eigenvalue weighted by atomic mass is 9.90. The highest BCUT2D eigenvalue weighted by atomic mass is 16.5. The lowest BCUT2D eigenvalue weighted by Gasteiger charge is -2.33. The number of carboxylic acids is 1. The minimum Gasteiger partial charge on any atom is -0.480 e. The maximum absolute atomic E-state index is 13.5. The van der Waals surface area contributed by atoms with E-state index in [9.17, 15) is 24.3 Å². The second kappa shape index (κ2) is 15.7. The highest BCUT2D eigenvalue weighted by Gasteiger charge is 2.38. The predicted octanol–water partition coefficient (Wildman–Crippen LogP) is 2.65. The number of ether oxygens (including phenoxy) is 1. The topological polar surface area (TPSA) is 165 Å². The smallest absolute Gasteiger partial charge is 0.326 e. The van der Waals surface area contributed by atoms with Gasteiger partial charge in [-0.2, -0.15) is 0 Å². The summed E-state index contributed by atoms with van der Waals surface area (Å²) in [6.45, 7) is 6.93. The summed E-state index contributed by atoms with van der Waals surface area (Å²) in [4.78, 5) is 51.5. The Kier molecular flexibility index (Phi) is 12.8. The summed E-state index contributed by atoms with van der Waals surface area (Å²) in [5.74, 6) is 1.21. The van der Waals surface area contributed by atoms with Crippen LogP contribution in [0.4, 0.5) is 0 Å². The van der Waals surface area contributed by atoms with Gasteiger partial charge >= 0.3 is 11.9 Å². The third kappa shape index (κ3) is 9.46. The lowest BCUT2D eigenvalue weighted by Crippen LogP contribution is -2.59. The van der Waals surface area contributed by atoms with Gasteiger partial charge in [-0.25, -0.2) is 10.6 Å². The van der Waals surface area contributed by atoms with E-state index in [0.29, 0.717) is 12.8 Å². The average Bonchev–Trinajstić information content (AvgIpc) is 2.93. The summed E-state index contributed by atoms with van der Waals surface area (Å²) in [5.41, 5.74) is 8.13. The molecule has 0 aliphatic carbocycles. The third-order valence-electron chi connectivity index (χ3n) is 7.02. The lowest BCUT2D eigenvalue weighted by molar-refractivity contribution is -0.155. The van der Waals surface area contributed by atoms with E-state index in [2.05, 4.69) is 5.32 Å². The van der Waals surface area contributed by atoms with Gasteiger partial charge in [-0.1, -0.05) is 94.8 Å². The Labute approximate surface area is 236 Å². The molecule has 2 amide bonds. The minimum absolute atomic E-state index is 0.0123. The number of amides is 2. The molecule has 2 aromatic rings. The number of nitrogens with two attached hydrogens (primary N) is 2. The molecule has 0 unspecified atom stereocenters. The van der Waals surface area contributed by atoms with Crippen LogP contribution >= 0.6 is 0 Å². The molecular weight excluding hydrogens is 512 g/mol. The maximum Gasteiger partial charge on any atom is 0.326 e. The zero-order valence-electron chi connectivity index (χ0n) is 23.7. The third-order valence-corrected chi connectivity index (χ3v) is 7.02. The zero-order valence-corrected chi connectivity index (χ0v) is 23.7. The molecule has 2 aromatic carbocycles. The Bertz CT molecular complexity index is 1110. The van der Waals surface area contributed by atoms with Gasteiger partial charge in [-0.3, -0.25) is 19.4 Å². The molecule has 0 aliphatic rings. The van der Waals surface area contributed by atoms with Crippen molar-refractivity contribution in [3.8, 4) is 0 Å². The van der Waals surface area contributed by atoms with Crippen LogP contribution in [0.5, 0.6) is 0 Å². The van der Waals surface area contributed by atoms with Crippen LogP contribution in [0.1, 0.15) is 51.7 Å². The SMILES string of the molecule is CC[C@H](C)[C@@H](C(=O)N[C@H](C(=O)O)C(C)C)N(N)C(=O)C[C@H](C(=O)OCc1ccccc1)[C@@H](N)Cc1ccccc1. The van der Waals surface area contributed by atoms with Crippen LogP contribution in [0, 0.1) is 17.8 Å². The zero-order chi connectivity index (χ0) is 29.8. The van der Waals surface area contributed by atoms with E-state index in [4.69, 9.17) is 16.3 Å². The second-order valence-electron chi connectivity index (χ2n) is 10.5. The van der Waals surface area contributed by atoms with Crippen LogP contribution in [-0.2, 0) is 36.9 Å². The van der Waals surface area contributed by atoms with Crippen molar-refractivity contribution in [2.24, 2.45) is 29.3 Å². The van der Waals surface area contributed by atoms with Crippen molar-refractivity contribution < 1.29 is 29.0 Å². The van der Waals surface area contributed by atoms with Gasteiger partial charge in [0, 0.05) is 12.5 Å². The van der Waals surface area contributed by atoms with E-state index in [1.165, 1.54) is 0 Å². The van der Waals surface area contributed by atoms with Crippen LogP contribution < -0.4 is 16.9 Å². The van der Waals surface area contributed by atoms with E-state index in [1.54, 1.807) is 20.8 Å². The van der Waals surface area contributed by atoms with Gasteiger partial charge in [-0.15, -0.1) is 0 Å². The van der Waals surface area contributed by atoms with E-state index in [0.717, 1.165) is 16.1 Å². The first-order chi connectivity index (χ1) is 19.0. The number of hydrogen-bond donors (Lipinski definition) is 4. The monoisotopic (exact) mass is 554 g/mol. The first kappa shape index (κ1) is 32.5. The first-order valence-corrected chi connectivity index (χ1v) is 13.6. The number of aliphatic carboxylic acids is 1. The van der Waals surface area contributed by atoms with Gasteiger partial charge in [0.1, 0.15) is 18.7 Å². The molecular formula is C30H42N4O6. The van der Waals surface area contributed by atoms with Crippen molar-refractivity contribution in [1.29, 1.82) is 0 Å². The number of nitrogens with one attached hydrogen (secondary N) is 1. The Morgan fingerprint density at radius 3 is 2.00 bits per heavy atom. The molecule has 5 atom stereocenters. The number of esters is 1. The summed E-state index contributed by atoms with van der Waals surface area (Å²) in [6.07, 6.45) is 0.424. The van der Waals surface area contributed by atoms with E-state index >= 15 is 0 Å². The summed E-state index contributed by atoms with van der Waals surface area (Å²) in [6, 6.07) is 15.4. The van der Waals surface area contributed by atoms with Crippen molar-refractivity contribution in [2.45, 2.75) is 71.7 Å². The van der Waals surface area contributed by atoms with E-state index in [-0.39, 0.29) is 18.9 Å². The fourth-order valence-corrected chi connectivity index (χ4v) is 4.36. The number of carboxylic acid groups (broad SMARTS) is 1. The molecule has 0 bridgehead atoms. The normalized spacial score (nSPS) is 14.9. The highest BCUT2D eigenvalue weighted by Crippen LogP contribution is 2.20. The van der Waals surface area contributed by atoms with Crippen LogP contribution in [0.3, 0.4) is 0 Å². The molecule has 0 saturated carbocycles. The number of benzene rings is 2. The van der Waals surface area contributed by atoms with Crippen molar-refractivity contribution in [3.63, 3.8) is 0 Å². The molecule has 2 rings (SSSR count). The van der Waals surface area contributed by atoms with Gasteiger partial charge in [0.2, 0.25) is 11.8 Å². The maximum atomic E-state index is 13.5. The molecule has 0 radical (unpaired) electrons. The largest absolute Gasteiger partial charge is 0.480 e. The van der Waals surface area contributed by atoms with Crippen molar-refractivity contribution in [3.05, 3.63) is 71.8 Å². The van der Waals surface area contributed by atoms with Crippen LogP contribution in [0.25, 0.3) is 0 Å². The summed E-state index contributed by atoms with van der Waals surface area (Å²) >= 11 is 0. The Morgan fingerprint density at radius 1 is 0.950 bits per heavy atom.